The van der Waals surface area contributed by atoms with Crippen LogP contribution in [0.4, 0.5) is 132 Å². The Kier molecular flexibility index (Phi) is 47.4. The number of rotatable bonds is 46. The zero-order valence-electron chi connectivity index (χ0n) is 80.4. The van der Waals surface area contributed by atoms with E-state index in [0.717, 1.165) is 55.4 Å². The van der Waals surface area contributed by atoms with Crippen molar-refractivity contribution in [2.24, 2.45) is 17.8 Å². The topological polar surface area (TPSA) is 341 Å². The molecule has 0 spiro atoms. The van der Waals surface area contributed by atoms with Gasteiger partial charge in [-0.1, -0.05) is 26.3 Å². The fourth-order valence-electron chi connectivity index (χ4n) is 10.6. The largest absolute Gasteiger partial charge is 0.462 e. The number of alkyl halides is 30. The van der Waals surface area contributed by atoms with Gasteiger partial charge in [0.25, 0.3) is 22.4 Å². The normalized spacial score (nSPS) is 16.4. The van der Waals surface area contributed by atoms with Gasteiger partial charge in [-0.3, -0.25) is 0 Å². The van der Waals surface area contributed by atoms with E-state index in [-0.39, 0.29) is 48.3 Å². The molecule has 0 aromatic rings. The second-order valence-electron chi connectivity index (χ2n) is 39.0. The maximum atomic E-state index is 13.1. The minimum Gasteiger partial charge on any atom is -0.462 e. The maximum absolute atomic E-state index is 13.1. The number of hydrogen-bond acceptors (Lipinski definition) is 24. The van der Waals surface area contributed by atoms with E-state index in [1.807, 2.05) is 0 Å². The Balaban J connectivity index is -0.000000861. The van der Waals surface area contributed by atoms with Gasteiger partial charge in [0, 0.05) is 40.5 Å². The van der Waals surface area contributed by atoms with Gasteiger partial charge in [-0.05, 0) is 200 Å². The average Bonchev–Trinajstić information content (AvgIpc) is 0.765. The number of carbonyl (C=O) groups excluding carboxylic acids is 4. The van der Waals surface area contributed by atoms with Crippen molar-refractivity contribution in [3.63, 3.8) is 0 Å². The Morgan fingerprint density at radius 1 is 0.263 bits per heavy atom. The Morgan fingerprint density at radius 3 is 0.759 bits per heavy atom. The van der Waals surface area contributed by atoms with Crippen molar-refractivity contribution in [1.82, 2.24) is 0 Å². The van der Waals surface area contributed by atoms with Crippen molar-refractivity contribution in [3.8, 4) is 0 Å². The van der Waals surface area contributed by atoms with Crippen LogP contribution in [0.2, 0.25) is 0 Å². The van der Waals surface area contributed by atoms with Gasteiger partial charge in [-0.2, -0.15) is 132 Å². The van der Waals surface area contributed by atoms with Gasteiger partial charge in [0.15, 0.2) is 11.2 Å². The summed E-state index contributed by atoms with van der Waals surface area (Å²) in [5, 5.41) is 76.5. The van der Waals surface area contributed by atoms with E-state index in [1.165, 1.54) is 90.0 Å². The van der Waals surface area contributed by atoms with E-state index in [0.29, 0.717) is 13.8 Å². The van der Waals surface area contributed by atoms with E-state index in [2.05, 4.69) is 26.3 Å². The van der Waals surface area contributed by atoms with Crippen molar-refractivity contribution in [2.75, 3.05) is 66.1 Å². The fourth-order valence-corrected chi connectivity index (χ4v) is 10.6. The van der Waals surface area contributed by atoms with Gasteiger partial charge in [0.2, 0.25) is 0 Å². The zero-order valence-corrected chi connectivity index (χ0v) is 80.4. The first-order valence-corrected chi connectivity index (χ1v) is 40.3. The van der Waals surface area contributed by atoms with Crippen LogP contribution in [0.3, 0.4) is 0 Å². The van der Waals surface area contributed by atoms with E-state index in [4.69, 9.17) is 56.8 Å². The molecule has 0 heterocycles. The van der Waals surface area contributed by atoms with Gasteiger partial charge >= 0.3 is 85.6 Å². The first kappa shape index (κ1) is 137. The summed E-state index contributed by atoms with van der Waals surface area (Å²) < 4.78 is 452. The lowest BCUT2D eigenvalue weighted by atomic mass is 9.78. The molecule has 0 aromatic carbocycles. The van der Waals surface area contributed by atoms with Crippen LogP contribution in [-0.4, -0.2) is 294 Å². The van der Waals surface area contributed by atoms with Crippen LogP contribution in [0, 0.1) is 17.8 Å². The molecule has 0 aliphatic rings. The molecule has 7 atom stereocenters. The molecule has 0 aliphatic heterocycles. The number of halogens is 30. The molecule has 54 heteroatoms. The highest BCUT2D eigenvalue weighted by molar-refractivity contribution is 5.88. The molecule has 0 radical (unpaired) electrons. The van der Waals surface area contributed by atoms with Crippen LogP contribution in [-0.2, 0) is 76.0 Å². The molecule has 0 saturated heterocycles. The minimum absolute atomic E-state index is 0.0328. The zero-order chi connectivity index (χ0) is 111. The third kappa shape index (κ3) is 42.9. The SMILES string of the molecule is C=C(C)C(=O)OC(C)C(CC(C)(C)OCC(C)(C)O)C(C)(C)OCC(O)(C(F)(F)F)C(F)(F)F.C=C(C)C(=O)OC(CC(C)(C)OCC(O)(C(F)(F)F)C(F)(F)F)C(C)(C)OCC(C)(O)C(F)(F)F.C=C(C)C(=O)OCC(C(C)(C)OCC(C)(O)C(F)(F)F)C(C)(C)OCC(O)(C(F)(F)F)C(F)(F)F.C=C(C)C(=O)OCC(CC(C)(C)OCC(C)(C)O)C(C)(C)OCC(O)(C(F)(F)F)C(F)(F)F. The van der Waals surface area contributed by atoms with Gasteiger partial charge < -0.3 is 97.7 Å². The number of aliphatic hydroxyl groups is 8. The highest BCUT2D eigenvalue weighted by Crippen LogP contribution is 2.51. The third-order valence-corrected chi connectivity index (χ3v) is 20.4. The molecule has 137 heavy (non-hydrogen) atoms. The van der Waals surface area contributed by atoms with E-state index in [9.17, 15) is 192 Å². The fraction of sp³-hybridized carbons (Fsp3) is 0.855. The second kappa shape index (κ2) is 47.3. The van der Waals surface area contributed by atoms with Crippen LogP contribution < -0.4 is 0 Å². The second-order valence-corrected chi connectivity index (χ2v) is 39.0. The molecule has 0 bridgehead atoms. The number of ether oxygens (including phenoxy) is 12. The smallest absolute Gasteiger partial charge is 0.428 e. The average molecular weight is 2080 g/mol. The third-order valence-electron chi connectivity index (χ3n) is 20.4. The molecule has 0 fully saturated rings. The lowest BCUT2D eigenvalue weighted by molar-refractivity contribution is -0.384. The summed E-state index contributed by atoms with van der Waals surface area (Å²) in [6, 6.07) is 0. The van der Waals surface area contributed by atoms with Gasteiger partial charge in [0.05, 0.1) is 128 Å². The summed E-state index contributed by atoms with van der Waals surface area (Å²) in [4.78, 5) is 47.7. The van der Waals surface area contributed by atoms with Crippen molar-refractivity contribution < 1.29 is 249 Å². The first-order chi connectivity index (χ1) is 59.3. The molecule has 0 rings (SSSR count). The monoisotopic (exact) mass is 2080 g/mol. The van der Waals surface area contributed by atoms with Crippen LogP contribution in [0.15, 0.2) is 48.6 Å². The van der Waals surface area contributed by atoms with Crippen molar-refractivity contribution >= 4 is 23.9 Å². The van der Waals surface area contributed by atoms with Crippen molar-refractivity contribution in [2.45, 2.75) is 370 Å². The number of carbonyl (C=O) groups is 4. The van der Waals surface area contributed by atoms with E-state index >= 15 is 0 Å². The molecule has 0 aliphatic carbocycles. The molecule has 814 valence electrons. The molecule has 0 aromatic heterocycles. The number of hydrogen-bond donors (Lipinski definition) is 8. The Hall–Kier alpha value is -5.90. The predicted molar refractivity (Wildman–Crippen MR) is 425 cm³/mol. The Morgan fingerprint density at radius 2 is 0.489 bits per heavy atom. The molecular weight excluding hydrogens is 1950 g/mol. The first-order valence-electron chi connectivity index (χ1n) is 40.3. The number of esters is 4. The molecule has 8 N–H and O–H groups in total. The lowest BCUT2D eigenvalue weighted by Crippen LogP contribution is -2.62. The molecule has 0 amide bonds. The highest BCUT2D eigenvalue weighted by atomic mass is 19.5. The lowest BCUT2D eigenvalue weighted by Gasteiger charge is -2.45. The van der Waals surface area contributed by atoms with Crippen LogP contribution in [0.5, 0.6) is 0 Å². The summed E-state index contributed by atoms with van der Waals surface area (Å²) in [5.41, 5.74) is -43.6. The molecular formula is C83H128F30O24. The van der Waals surface area contributed by atoms with Crippen LogP contribution in [0.25, 0.3) is 0 Å². The maximum Gasteiger partial charge on any atom is 0.428 e. The van der Waals surface area contributed by atoms with Crippen LogP contribution >= 0.6 is 0 Å². The summed E-state index contributed by atoms with van der Waals surface area (Å²) in [5.74, 6) is -7.23. The predicted octanol–water partition coefficient (Wildman–Crippen LogP) is 18.2. The highest BCUT2D eigenvalue weighted by Gasteiger charge is 2.75. The van der Waals surface area contributed by atoms with E-state index < -0.39 is 264 Å². The van der Waals surface area contributed by atoms with Crippen molar-refractivity contribution in [3.05, 3.63) is 48.6 Å². The molecule has 24 nitrogen and oxygen atoms in total. The standard InChI is InChI=1S/C22H36F6O6.C21H34F6O6.2C20H29F9O6/c1-13(2)16(29)34-14(3)15(10-18(6,7)32-11-17(4,5)30)19(8,9)33-12-20(31,21(23,24)25)22(26,27)28;1-13(2)15(28)31-10-14(9-17(5,6)32-11-16(3,4)29)18(7,8)33-12-19(30,20(22,23)24)21(25,26)27;1-11(2)13(30)33-8-12(14(3,4)34-9-16(7,31)18(21,22)23)15(5,6)35-10-17(32,19(24,25)26)20(27,28)29;1-11(2)13(30)35-12(15(5,6)34-9-16(7,31)18(21,22)23)8-14(3,4)33-10-17(32,19(24,25)26)20(27,28)29/h14-15,30-31H,1,10-12H2,2-9H3;14,29-30H,1,9-12H2,2-8H3;2*12,31-32H,1,8-10H2,2-7H3. The summed E-state index contributed by atoms with van der Waals surface area (Å²) in [7, 11) is 0. The van der Waals surface area contributed by atoms with Crippen LogP contribution in [0.1, 0.15) is 206 Å². The van der Waals surface area contributed by atoms with E-state index in [1.54, 1.807) is 27.7 Å². The quantitative estimate of drug-likeness (QED) is 0.0121. The summed E-state index contributed by atoms with van der Waals surface area (Å²) in [6.45, 7) is 33.3. The van der Waals surface area contributed by atoms with Gasteiger partial charge in [-0.25, -0.2) is 19.2 Å². The minimum atomic E-state index is -6.19. The molecule has 7 unspecified atom stereocenters. The summed E-state index contributed by atoms with van der Waals surface area (Å²) >= 11 is 0. The Bertz CT molecular complexity index is 3810. The summed E-state index contributed by atoms with van der Waals surface area (Å²) in [6.07, 6.45) is -62.6. The van der Waals surface area contributed by atoms with Crippen molar-refractivity contribution in [1.29, 1.82) is 0 Å². The van der Waals surface area contributed by atoms with Gasteiger partial charge in [-0.15, -0.1) is 0 Å². The Labute approximate surface area is 772 Å². The molecule has 0 saturated carbocycles. The van der Waals surface area contributed by atoms with Gasteiger partial charge in [0.1, 0.15) is 12.2 Å².